The number of hydrogen-bond acceptors (Lipinski definition) is 6. The van der Waals surface area contributed by atoms with Crippen molar-refractivity contribution in [3.8, 4) is 0 Å². The zero-order valence-electron chi connectivity index (χ0n) is 18.5. The van der Waals surface area contributed by atoms with Crippen molar-refractivity contribution >= 4 is 48.7 Å². The van der Waals surface area contributed by atoms with E-state index in [1.165, 1.54) is 28.6 Å². The van der Waals surface area contributed by atoms with Gasteiger partial charge in [0.05, 0.1) is 10.8 Å². The summed E-state index contributed by atoms with van der Waals surface area (Å²) in [6, 6.07) is 16.2. The van der Waals surface area contributed by atoms with Crippen LogP contribution in [0.15, 0.2) is 75.1 Å². The lowest BCUT2D eigenvalue weighted by Gasteiger charge is -2.30. The van der Waals surface area contributed by atoms with Crippen LogP contribution >= 0.6 is 11.3 Å². The summed E-state index contributed by atoms with van der Waals surface area (Å²) in [6.45, 7) is 2.36. The van der Waals surface area contributed by atoms with E-state index in [0.717, 1.165) is 16.9 Å². The summed E-state index contributed by atoms with van der Waals surface area (Å²) in [5, 5.41) is 4.49. The Bertz CT molecular complexity index is 1370. The highest BCUT2D eigenvalue weighted by Gasteiger charge is 2.33. The Morgan fingerprint density at radius 1 is 1.00 bits per heavy atom. The fourth-order valence-electron chi connectivity index (χ4n) is 3.80. The first-order chi connectivity index (χ1) is 16.1. The van der Waals surface area contributed by atoms with E-state index >= 15 is 0 Å². The first kappa shape index (κ1) is 24.4. The highest BCUT2D eigenvalue weighted by molar-refractivity contribution is 7.92. The molecule has 11 heteroatoms. The van der Waals surface area contributed by atoms with Gasteiger partial charge in [0.25, 0.3) is 20.0 Å². The molecule has 1 aliphatic rings. The molecule has 4 rings (SSSR count). The molecule has 1 aliphatic heterocycles. The van der Waals surface area contributed by atoms with Crippen LogP contribution in [0.4, 0.5) is 11.4 Å². The smallest absolute Gasteiger partial charge is 0.261 e. The normalized spacial score (nSPS) is 17.3. The molecule has 2 heterocycles. The number of rotatable bonds is 7. The third-order valence-electron chi connectivity index (χ3n) is 5.55. The summed E-state index contributed by atoms with van der Waals surface area (Å²) < 4.78 is 55.1. The maximum absolute atomic E-state index is 12.8. The second-order valence-corrected chi connectivity index (χ2v) is 12.9. The molecule has 1 amide bonds. The summed E-state index contributed by atoms with van der Waals surface area (Å²) in [5.74, 6) is -0.783. The number of thiophene rings is 1. The molecular weight excluding hydrogens is 494 g/mol. The van der Waals surface area contributed by atoms with Crippen LogP contribution in [0.1, 0.15) is 18.4 Å². The Morgan fingerprint density at radius 2 is 1.76 bits per heavy atom. The minimum absolute atomic E-state index is 0.0675. The van der Waals surface area contributed by atoms with Gasteiger partial charge < -0.3 is 5.32 Å². The van der Waals surface area contributed by atoms with Crippen molar-refractivity contribution < 1.29 is 21.6 Å². The summed E-state index contributed by atoms with van der Waals surface area (Å²) in [5.41, 5.74) is 1.84. The van der Waals surface area contributed by atoms with Gasteiger partial charge in [0, 0.05) is 24.5 Å². The van der Waals surface area contributed by atoms with Gasteiger partial charge in [0.15, 0.2) is 0 Å². The lowest BCUT2D eigenvalue weighted by molar-refractivity contribution is -0.120. The van der Waals surface area contributed by atoms with Gasteiger partial charge in [-0.1, -0.05) is 18.2 Å². The minimum Gasteiger partial charge on any atom is -0.326 e. The molecule has 1 atom stereocenters. The van der Waals surface area contributed by atoms with E-state index in [-0.39, 0.29) is 21.6 Å². The van der Waals surface area contributed by atoms with Crippen LogP contribution < -0.4 is 10.0 Å². The van der Waals surface area contributed by atoms with Crippen LogP contribution in [0, 0.1) is 12.8 Å². The fourth-order valence-corrected chi connectivity index (χ4v) is 7.51. The third kappa shape index (κ3) is 5.49. The molecule has 0 saturated carbocycles. The molecular formula is C23H25N3O5S3. The van der Waals surface area contributed by atoms with Gasteiger partial charge in [0.2, 0.25) is 5.91 Å². The highest BCUT2D eigenvalue weighted by atomic mass is 32.2. The number of piperidine rings is 1. The number of sulfonamides is 2. The number of amides is 1. The number of carbonyl (C=O) groups excluding carboxylic acids is 1. The maximum atomic E-state index is 12.8. The summed E-state index contributed by atoms with van der Waals surface area (Å²) in [4.78, 5) is 12.9. The topological polar surface area (TPSA) is 113 Å². The van der Waals surface area contributed by atoms with Crippen molar-refractivity contribution in [3.63, 3.8) is 0 Å². The average molecular weight is 520 g/mol. The van der Waals surface area contributed by atoms with Crippen LogP contribution in [-0.2, 0) is 24.8 Å². The number of benzene rings is 2. The van der Waals surface area contributed by atoms with Crippen LogP contribution in [-0.4, -0.2) is 40.1 Å². The van der Waals surface area contributed by atoms with Gasteiger partial charge in [0.1, 0.15) is 4.21 Å². The summed E-state index contributed by atoms with van der Waals surface area (Å²) >= 11 is 1.16. The van der Waals surface area contributed by atoms with Crippen LogP contribution in [0.25, 0.3) is 0 Å². The zero-order chi connectivity index (χ0) is 24.3. The average Bonchev–Trinajstić information content (AvgIpc) is 3.35. The van der Waals surface area contributed by atoms with Gasteiger partial charge in [-0.2, -0.15) is 4.31 Å². The van der Waals surface area contributed by atoms with E-state index in [1.54, 1.807) is 35.7 Å². The molecule has 2 N–H and O–H groups in total. The number of hydrogen-bond donors (Lipinski definition) is 2. The molecule has 34 heavy (non-hydrogen) atoms. The molecule has 1 aromatic heterocycles. The molecule has 8 nitrogen and oxygen atoms in total. The lowest BCUT2D eigenvalue weighted by Crippen LogP contribution is -2.43. The Kier molecular flexibility index (Phi) is 7.08. The van der Waals surface area contributed by atoms with E-state index < -0.39 is 26.0 Å². The maximum Gasteiger partial charge on any atom is 0.261 e. The third-order valence-corrected chi connectivity index (χ3v) is 10.2. The van der Waals surface area contributed by atoms with Gasteiger partial charge in [-0.3, -0.25) is 9.52 Å². The zero-order valence-corrected chi connectivity index (χ0v) is 20.9. The van der Waals surface area contributed by atoms with E-state index in [2.05, 4.69) is 10.0 Å². The molecule has 0 bridgehead atoms. The summed E-state index contributed by atoms with van der Waals surface area (Å²) in [6.07, 6.45) is 1.17. The number of aryl methyl sites for hydroxylation is 1. The summed E-state index contributed by atoms with van der Waals surface area (Å²) in [7, 11) is -7.39. The lowest BCUT2D eigenvalue weighted by atomic mass is 9.99. The molecule has 180 valence electrons. The van der Waals surface area contributed by atoms with Gasteiger partial charge in [-0.15, -0.1) is 11.3 Å². The van der Waals surface area contributed by atoms with Crippen LogP contribution in [0.3, 0.4) is 0 Å². The number of nitrogens with zero attached hydrogens (tertiary/aromatic N) is 1. The quantitative estimate of drug-likeness (QED) is 0.492. The Labute approximate surface area is 203 Å². The van der Waals surface area contributed by atoms with Crippen molar-refractivity contribution in [3.05, 3.63) is 71.6 Å². The van der Waals surface area contributed by atoms with Crippen molar-refractivity contribution in [1.82, 2.24) is 4.31 Å². The van der Waals surface area contributed by atoms with Gasteiger partial charge >= 0.3 is 0 Å². The van der Waals surface area contributed by atoms with Crippen molar-refractivity contribution in [2.45, 2.75) is 28.9 Å². The largest absolute Gasteiger partial charge is 0.326 e. The molecule has 0 radical (unpaired) electrons. The van der Waals surface area contributed by atoms with Crippen molar-refractivity contribution in [2.24, 2.45) is 5.92 Å². The fraction of sp³-hybridized carbons (Fsp3) is 0.261. The van der Waals surface area contributed by atoms with E-state index in [9.17, 15) is 21.6 Å². The Balaban J connectivity index is 1.40. The monoisotopic (exact) mass is 519 g/mol. The predicted molar refractivity (Wildman–Crippen MR) is 133 cm³/mol. The van der Waals surface area contributed by atoms with Gasteiger partial charge in [-0.05, 0) is 73.2 Å². The van der Waals surface area contributed by atoms with Crippen molar-refractivity contribution in [1.29, 1.82) is 0 Å². The second kappa shape index (κ2) is 9.87. The molecule has 0 aliphatic carbocycles. The second-order valence-electron chi connectivity index (χ2n) is 8.12. The Morgan fingerprint density at radius 3 is 2.44 bits per heavy atom. The van der Waals surface area contributed by atoms with Crippen LogP contribution in [0.2, 0.25) is 0 Å². The van der Waals surface area contributed by atoms with Gasteiger partial charge in [-0.25, -0.2) is 16.8 Å². The molecule has 1 saturated heterocycles. The molecule has 0 unspecified atom stereocenters. The first-order valence-electron chi connectivity index (χ1n) is 10.7. The van der Waals surface area contributed by atoms with Crippen LogP contribution in [0.5, 0.6) is 0 Å². The molecule has 2 aromatic carbocycles. The van der Waals surface area contributed by atoms with E-state index in [4.69, 9.17) is 0 Å². The number of anilines is 2. The molecule has 0 spiro atoms. The Hall–Kier alpha value is -2.73. The van der Waals surface area contributed by atoms with E-state index in [1.807, 2.05) is 13.0 Å². The standard InChI is InChI=1S/C23H25N3O5S3/c1-17-5-2-7-20(15-17)25-33(28,29)21-11-9-19(10-12-21)24-23(27)18-6-3-13-26(16-18)34(30,31)22-8-4-14-32-22/h2,4-5,7-12,14-15,18,25H,3,6,13,16H2,1H3,(H,24,27)/t18-/m0/s1. The predicted octanol–water partition coefficient (Wildman–Crippen LogP) is 3.90. The van der Waals surface area contributed by atoms with Crippen molar-refractivity contribution in [2.75, 3.05) is 23.1 Å². The SMILES string of the molecule is Cc1cccc(NS(=O)(=O)c2ccc(NC(=O)[C@H]3CCCN(S(=O)(=O)c4cccs4)C3)cc2)c1. The number of nitrogens with one attached hydrogen (secondary N) is 2. The highest BCUT2D eigenvalue weighted by Crippen LogP contribution is 2.27. The molecule has 1 fully saturated rings. The first-order valence-corrected chi connectivity index (χ1v) is 14.5. The number of carbonyl (C=O) groups is 1. The minimum atomic E-state index is -3.78. The van der Waals surface area contributed by atoms with E-state index in [0.29, 0.717) is 30.8 Å². The molecule has 3 aromatic rings.